The van der Waals surface area contributed by atoms with Crippen LogP contribution in [-0.4, -0.2) is 14.3 Å². The summed E-state index contributed by atoms with van der Waals surface area (Å²) in [6.07, 6.45) is 0. The molecule has 130 valence electrons. The standard InChI is InChI=1S/C17H16N2O3S3/c1-12-5-2-3-7-15(12)19-17(20)16-9-14(11-24-16)25(21,22)18-10-13-6-4-8-23-13/h2-9,11,18H,10H2,1H3,(H,19,20). The van der Waals surface area contributed by atoms with Crippen LogP contribution in [0.4, 0.5) is 5.69 Å². The van der Waals surface area contributed by atoms with Crippen LogP contribution >= 0.6 is 22.7 Å². The second-order valence-electron chi connectivity index (χ2n) is 5.32. The molecule has 25 heavy (non-hydrogen) atoms. The number of carbonyl (C=O) groups excluding carboxylic acids is 1. The van der Waals surface area contributed by atoms with Gasteiger partial charge in [0.1, 0.15) is 0 Å². The number of hydrogen-bond acceptors (Lipinski definition) is 5. The van der Waals surface area contributed by atoms with E-state index in [9.17, 15) is 13.2 Å². The van der Waals surface area contributed by atoms with Gasteiger partial charge in [-0.15, -0.1) is 22.7 Å². The van der Waals surface area contributed by atoms with Gasteiger partial charge in [0.05, 0.1) is 9.77 Å². The Labute approximate surface area is 154 Å². The van der Waals surface area contributed by atoms with E-state index in [1.165, 1.54) is 22.8 Å². The largest absolute Gasteiger partial charge is 0.321 e. The topological polar surface area (TPSA) is 75.3 Å². The van der Waals surface area contributed by atoms with Crippen LogP contribution in [0.2, 0.25) is 0 Å². The van der Waals surface area contributed by atoms with Crippen molar-refractivity contribution < 1.29 is 13.2 Å². The van der Waals surface area contributed by atoms with Gasteiger partial charge in [-0.1, -0.05) is 24.3 Å². The van der Waals surface area contributed by atoms with E-state index in [1.807, 2.05) is 42.6 Å². The number of para-hydroxylation sites is 1. The second-order valence-corrected chi connectivity index (χ2v) is 9.03. The fourth-order valence-electron chi connectivity index (χ4n) is 2.14. The van der Waals surface area contributed by atoms with E-state index < -0.39 is 10.0 Å². The minimum absolute atomic E-state index is 0.101. The minimum atomic E-state index is -3.64. The van der Waals surface area contributed by atoms with Gasteiger partial charge in [-0.25, -0.2) is 13.1 Å². The number of amides is 1. The first-order valence-corrected chi connectivity index (χ1v) is 10.7. The summed E-state index contributed by atoms with van der Waals surface area (Å²) in [6.45, 7) is 2.13. The summed E-state index contributed by atoms with van der Waals surface area (Å²) >= 11 is 2.59. The third-order valence-corrected chi connectivity index (χ3v) is 6.85. The summed E-state index contributed by atoms with van der Waals surface area (Å²) in [7, 11) is -3.64. The van der Waals surface area contributed by atoms with Crippen molar-refractivity contribution in [3.8, 4) is 0 Å². The number of anilines is 1. The van der Waals surface area contributed by atoms with Crippen LogP contribution in [0, 0.1) is 6.92 Å². The monoisotopic (exact) mass is 392 g/mol. The number of nitrogens with one attached hydrogen (secondary N) is 2. The van der Waals surface area contributed by atoms with Gasteiger partial charge in [0.2, 0.25) is 10.0 Å². The van der Waals surface area contributed by atoms with Gasteiger partial charge in [-0.2, -0.15) is 0 Å². The molecule has 0 bridgehead atoms. The highest BCUT2D eigenvalue weighted by molar-refractivity contribution is 7.89. The molecule has 3 rings (SSSR count). The molecular formula is C17H16N2O3S3. The summed E-state index contributed by atoms with van der Waals surface area (Å²) in [6, 6.07) is 12.6. The molecule has 0 saturated heterocycles. The number of benzene rings is 1. The average Bonchev–Trinajstić information content (AvgIpc) is 3.27. The lowest BCUT2D eigenvalue weighted by Crippen LogP contribution is -2.22. The Morgan fingerprint density at radius 1 is 1.12 bits per heavy atom. The Morgan fingerprint density at radius 3 is 2.64 bits per heavy atom. The lowest BCUT2D eigenvalue weighted by molar-refractivity contribution is 0.103. The molecule has 8 heteroatoms. The third-order valence-electron chi connectivity index (χ3n) is 3.52. The molecule has 2 N–H and O–H groups in total. The van der Waals surface area contributed by atoms with Crippen LogP contribution in [0.15, 0.2) is 58.1 Å². The van der Waals surface area contributed by atoms with Crippen molar-refractivity contribution in [2.24, 2.45) is 0 Å². The van der Waals surface area contributed by atoms with Crippen LogP contribution in [0.25, 0.3) is 0 Å². The van der Waals surface area contributed by atoms with Crippen LogP contribution in [0.1, 0.15) is 20.1 Å². The van der Waals surface area contributed by atoms with Gasteiger partial charge in [-0.05, 0) is 36.1 Å². The van der Waals surface area contributed by atoms with Gasteiger partial charge in [0.15, 0.2) is 0 Å². The van der Waals surface area contributed by atoms with Gasteiger partial charge in [-0.3, -0.25) is 4.79 Å². The number of rotatable bonds is 6. The van der Waals surface area contributed by atoms with Crippen molar-refractivity contribution in [2.45, 2.75) is 18.4 Å². The third kappa shape index (κ3) is 4.35. The molecule has 0 fully saturated rings. The smallest absolute Gasteiger partial charge is 0.265 e. The highest BCUT2D eigenvalue weighted by Gasteiger charge is 2.19. The molecule has 2 aromatic heterocycles. The maximum atomic E-state index is 12.3. The van der Waals surface area contributed by atoms with Gasteiger partial charge in [0.25, 0.3) is 5.91 Å². The first-order valence-electron chi connectivity index (χ1n) is 7.43. The fraction of sp³-hybridized carbons (Fsp3) is 0.118. The molecule has 1 amide bonds. The van der Waals surface area contributed by atoms with E-state index in [1.54, 1.807) is 6.07 Å². The predicted octanol–water partition coefficient (Wildman–Crippen LogP) is 3.85. The fourth-order valence-corrected chi connectivity index (χ4v) is 5.05. The number of thiophene rings is 2. The Hall–Kier alpha value is -2.00. The van der Waals surface area contributed by atoms with Crippen molar-refractivity contribution >= 4 is 44.3 Å². The van der Waals surface area contributed by atoms with Crippen molar-refractivity contribution in [3.63, 3.8) is 0 Å². The Bertz CT molecular complexity index is 976. The number of aryl methyl sites for hydroxylation is 1. The van der Waals surface area contributed by atoms with Gasteiger partial charge in [0, 0.05) is 22.5 Å². The molecule has 0 aliphatic heterocycles. The Balaban J connectivity index is 1.70. The van der Waals surface area contributed by atoms with Crippen molar-refractivity contribution in [2.75, 3.05) is 5.32 Å². The maximum absolute atomic E-state index is 12.3. The van der Waals surface area contributed by atoms with Crippen LogP contribution in [0.5, 0.6) is 0 Å². The Morgan fingerprint density at radius 2 is 1.92 bits per heavy atom. The molecule has 2 heterocycles. The van der Waals surface area contributed by atoms with E-state index in [2.05, 4.69) is 10.0 Å². The molecule has 1 aromatic carbocycles. The van der Waals surface area contributed by atoms with E-state index in [-0.39, 0.29) is 17.3 Å². The molecule has 0 aliphatic carbocycles. The molecule has 0 radical (unpaired) electrons. The summed E-state index contributed by atoms with van der Waals surface area (Å²) in [5.74, 6) is -0.320. The van der Waals surface area contributed by atoms with Crippen molar-refractivity contribution in [3.05, 3.63) is 68.5 Å². The van der Waals surface area contributed by atoms with E-state index in [4.69, 9.17) is 0 Å². The van der Waals surface area contributed by atoms with Crippen molar-refractivity contribution in [1.82, 2.24) is 4.72 Å². The molecular weight excluding hydrogens is 376 g/mol. The SMILES string of the molecule is Cc1ccccc1NC(=O)c1cc(S(=O)(=O)NCc2cccs2)cs1. The predicted molar refractivity (Wildman–Crippen MR) is 102 cm³/mol. The van der Waals surface area contributed by atoms with Crippen LogP contribution in [0.3, 0.4) is 0 Å². The van der Waals surface area contributed by atoms with E-state index >= 15 is 0 Å². The number of carbonyl (C=O) groups is 1. The summed E-state index contributed by atoms with van der Waals surface area (Å²) in [5, 5.41) is 6.17. The van der Waals surface area contributed by atoms with Crippen LogP contribution < -0.4 is 10.0 Å². The summed E-state index contributed by atoms with van der Waals surface area (Å²) in [4.78, 5) is 13.7. The molecule has 5 nitrogen and oxygen atoms in total. The number of hydrogen-bond donors (Lipinski definition) is 2. The molecule has 3 aromatic rings. The lowest BCUT2D eigenvalue weighted by Gasteiger charge is -2.06. The quantitative estimate of drug-likeness (QED) is 0.669. The van der Waals surface area contributed by atoms with Crippen LogP contribution in [-0.2, 0) is 16.6 Å². The van der Waals surface area contributed by atoms with Gasteiger partial charge >= 0.3 is 0 Å². The first kappa shape index (κ1) is 17.8. The minimum Gasteiger partial charge on any atom is -0.321 e. The number of sulfonamides is 1. The van der Waals surface area contributed by atoms with E-state index in [0.717, 1.165) is 21.8 Å². The molecule has 0 unspecified atom stereocenters. The first-order chi connectivity index (χ1) is 12.0. The molecule has 0 atom stereocenters. The summed E-state index contributed by atoms with van der Waals surface area (Å²) < 4.78 is 27.2. The lowest BCUT2D eigenvalue weighted by atomic mass is 10.2. The highest BCUT2D eigenvalue weighted by Crippen LogP contribution is 2.22. The second kappa shape index (κ2) is 7.49. The van der Waals surface area contributed by atoms with Gasteiger partial charge < -0.3 is 5.32 Å². The molecule has 0 spiro atoms. The normalized spacial score (nSPS) is 11.4. The van der Waals surface area contributed by atoms with Crippen molar-refractivity contribution in [1.29, 1.82) is 0 Å². The zero-order valence-corrected chi connectivity index (χ0v) is 15.8. The summed E-state index contributed by atoms with van der Waals surface area (Å²) in [5.41, 5.74) is 1.65. The highest BCUT2D eigenvalue weighted by atomic mass is 32.2. The average molecular weight is 393 g/mol. The molecule has 0 aliphatic rings. The molecule has 0 saturated carbocycles. The zero-order chi connectivity index (χ0) is 17.9. The van der Waals surface area contributed by atoms with E-state index in [0.29, 0.717) is 10.6 Å². The zero-order valence-electron chi connectivity index (χ0n) is 13.4. The maximum Gasteiger partial charge on any atom is 0.265 e. The Kier molecular flexibility index (Phi) is 5.33.